The highest BCUT2D eigenvalue weighted by Crippen LogP contribution is 2.26. The van der Waals surface area contributed by atoms with Gasteiger partial charge in [-0.2, -0.15) is 0 Å². The minimum Gasteiger partial charge on any atom is -0.398 e. The fourth-order valence-electron chi connectivity index (χ4n) is 1.76. The summed E-state index contributed by atoms with van der Waals surface area (Å²) in [6, 6.07) is 7.52. The average molecular weight is 360 g/mol. The summed E-state index contributed by atoms with van der Waals surface area (Å²) < 4.78 is 40.0. The van der Waals surface area contributed by atoms with Crippen molar-refractivity contribution in [3.63, 3.8) is 0 Å². The second-order valence-electron chi connectivity index (χ2n) is 4.30. The average Bonchev–Trinajstić information content (AvgIpc) is 2.42. The largest absolute Gasteiger partial charge is 0.398 e. The molecule has 0 radical (unpaired) electrons. The van der Waals surface area contributed by atoms with Crippen LogP contribution in [-0.2, 0) is 16.6 Å². The molecule has 6 heteroatoms. The van der Waals surface area contributed by atoms with E-state index in [0.717, 1.165) is 11.6 Å². The number of anilines is 1. The highest BCUT2D eigenvalue weighted by Gasteiger charge is 2.17. The van der Waals surface area contributed by atoms with Crippen LogP contribution in [-0.4, -0.2) is 4.21 Å². The highest BCUT2D eigenvalue weighted by molar-refractivity contribution is 9.10. The predicted octanol–water partition coefficient (Wildman–Crippen LogP) is 3.93. The summed E-state index contributed by atoms with van der Waals surface area (Å²) in [7, 11) is -1.61. The first-order chi connectivity index (χ1) is 9.41. The van der Waals surface area contributed by atoms with Gasteiger partial charge in [-0.05, 0) is 46.6 Å². The molecule has 0 heterocycles. The van der Waals surface area contributed by atoms with Crippen molar-refractivity contribution >= 4 is 32.4 Å². The zero-order valence-electron chi connectivity index (χ0n) is 10.6. The molecule has 1 atom stereocenters. The summed E-state index contributed by atoms with van der Waals surface area (Å²) in [6.45, 7) is 1.79. The van der Waals surface area contributed by atoms with Gasteiger partial charge in [0.1, 0.15) is 11.6 Å². The third kappa shape index (κ3) is 2.91. The van der Waals surface area contributed by atoms with Crippen LogP contribution in [0.25, 0.3) is 0 Å². The van der Waals surface area contributed by atoms with Gasteiger partial charge in [-0.3, -0.25) is 4.21 Å². The molecule has 0 aliphatic heterocycles. The Balaban J connectivity index is 2.38. The second kappa shape index (κ2) is 6.01. The van der Waals surface area contributed by atoms with E-state index >= 15 is 0 Å². The standard InChI is InChI=1S/C14H12BrF2NOS/c1-8-3-2-4-12(14(8)18)20(19)7-9-11(16)6-5-10(15)13(9)17/h2-6H,7,18H2,1H3. The first-order valence-corrected chi connectivity index (χ1v) is 7.89. The number of nitrogens with two attached hydrogens (primary N) is 1. The topological polar surface area (TPSA) is 43.1 Å². The van der Waals surface area contributed by atoms with Crippen LogP contribution in [0.3, 0.4) is 0 Å². The molecule has 0 bridgehead atoms. The fourth-order valence-corrected chi connectivity index (χ4v) is 3.45. The monoisotopic (exact) mass is 359 g/mol. The molecule has 106 valence electrons. The van der Waals surface area contributed by atoms with Gasteiger partial charge >= 0.3 is 0 Å². The molecule has 0 aliphatic rings. The number of hydrogen-bond donors (Lipinski definition) is 1. The summed E-state index contributed by atoms with van der Waals surface area (Å²) in [5.41, 5.74) is 6.82. The Morgan fingerprint density at radius 3 is 2.65 bits per heavy atom. The summed E-state index contributed by atoms with van der Waals surface area (Å²) >= 11 is 2.99. The first-order valence-electron chi connectivity index (χ1n) is 5.77. The first kappa shape index (κ1) is 15.1. The number of hydrogen-bond acceptors (Lipinski definition) is 2. The van der Waals surface area contributed by atoms with Crippen LogP contribution < -0.4 is 5.73 Å². The second-order valence-corrected chi connectivity index (χ2v) is 6.57. The zero-order chi connectivity index (χ0) is 14.9. The molecule has 2 aromatic carbocycles. The van der Waals surface area contributed by atoms with Gasteiger partial charge in [0.05, 0.1) is 31.6 Å². The zero-order valence-corrected chi connectivity index (χ0v) is 13.0. The Kier molecular flexibility index (Phi) is 4.55. The molecule has 0 spiro atoms. The summed E-state index contributed by atoms with van der Waals surface area (Å²) in [6.07, 6.45) is 0. The van der Waals surface area contributed by atoms with E-state index in [9.17, 15) is 13.0 Å². The van der Waals surface area contributed by atoms with Crippen LogP contribution in [0.2, 0.25) is 0 Å². The maximum atomic E-state index is 13.9. The third-order valence-electron chi connectivity index (χ3n) is 2.94. The normalized spacial score (nSPS) is 12.4. The van der Waals surface area contributed by atoms with E-state index in [0.29, 0.717) is 10.6 Å². The van der Waals surface area contributed by atoms with Gasteiger partial charge in [0.2, 0.25) is 0 Å². The summed E-state index contributed by atoms with van der Waals surface area (Å²) in [5, 5.41) is 0. The molecule has 0 saturated heterocycles. The quantitative estimate of drug-likeness (QED) is 0.666. The van der Waals surface area contributed by atoms with Gasteiger partial charge in [-0.25, -0.2) is 8.78 Å². The highest BCUT2D eigenvalue weighted by atomic mass is 79.9. The van der Waals surface area contributed by atoms with E-state index in [1.807, 2.05) is 0 Å². The van der Waals surface area contributed by atoms with Crippen LogP contribution in [0, 0.1) is 18.6 Å². The van der Waals surface area contributed by atoms with Gasteiger partial charge in [0, 0.05) is 5.56 Å². The molecule has 2 nitrogen and oxygen atoms in total. The van der Waals surface area contributed by atoms with E-state index in [1.165, 1.54) is 6.07 Å². The molecule has 0 amide bonds. The molecular formula is C14H12BrF2NOS. The van der Waals surface area contributed by atoms with Gasteiger partial charge in [-0.15, -0.1) is 0 Å². The van der Waals surface area contributed by atoms with Crippen molar-refractivity contribution in [1.29, 1.82) is 0 Å². The number of rotatable bonds is 3. The number of para-hydroxylation sites is 1. The van der Waals surface area contributed by atoms with Crippen molar-refractivity contribution in [2.75, 3.05) is 5.73 Å². The maximum absolute atomic E-state index is 13.9. The van der Waals surface area contributed by atoms with Crippen LogP contribution >= 0.6 is 15.9 Å². The van der Waals surface area contributed by atoms with Crippen molar-refractivity contribution in [3.8, 4) is 0 Å². The molecule has 1 unspecified atom stereocenters. The molecule has 0 fully saturated rings. The summed E-state index contributed by atoms with van der Waals surface area (Å²) in [5.74, 6) is -1.71. The van der Waals surface area contributed by atoms with Crippen LogP contribution in [0.1, 0.15) is 11.1 Å². The maximum Gasteiger partial charge on any atom is 0.144 e. The lowest BCUT2D eigenvalue weighted by molar-refractivity contribution is 0.560. The van der Waals surface area contributed by atoms with Gasteiger partial charge in [0.25, 0.3) is 0 Å². The van der Waals surface area contributed by atoms with Crippen LogP contribution in [0.5, 0.6) is 0 Å². The third-order valence-corrected chi connectivity index (χ3v) is 4.95. The molecule has 2 aromatic rings. The SMILES string of the molecule is Cc1cccc(S(=O)Cc2c(F)ccc(Br)c2F)c1N. The number of aryl methyl sites for hydroxylation is 1. The van der Waals surface area contributed by atoms with Crippen LogP contribution in [0.15, 0.2) is 39.7 Å². The fraction of sp³-hybridized carbons (Fsp3) is 0.143. The lowest BCUT2D eigenvalue weighted by atomic mass is 10.2. The molecule has 0 saturated carbocycles. The van der Waals surface area contributed by atoms with Gasteiger partial charge in [-0.1, -0.05) is 12.1 Å². The lowest BCUT2D eigenvalue weighted by Crippen LogP contribution is -2.05. The molecule has 20 heavy (non-hydrogen) atoms. The number of nitrogen functional groups attached to an aromatic ring is 1. The number of benzene rings is 2. The molecule has 2 rings (SSSR count). The molecular weight excluding hydrogens is 348 g/mol. The van der Waals surface area contributed by atoms with Crippen molar-refractivity contribution < 1.29 is 13.0 Å². The lowest BCUT2D eigenvalue weighted by Gasteiger charge is -2.10. The molecule has 0 aliphatic carbocycles. The van der Waals surface area contributed by atoms with E-state index in [2.05, 4.69) is 15.9 Å². The van der Waals surface area contributed by atoms with E-state index in [-0.39, 0.29) is 15.8 Å². The Morgan fingerprint density at radius 1 is 1.25 bits per heavy atom. The Morgan fingerprint density at radius 2 is 1.95 bits per heavy atom. The predicted molar refractivity (Wildman–Crippen MR) is 79.8 cm³/mol. The van der Waals surface area contributed by atoms with Gasteiger partial charge in [0.15, 0.2) is 0 Å². The Labute approximate surface area is 126 Å². The van der Waals surface area contributed by atoms with E-state index in [4.69, 9.17) is 5.73 Å². The minimum absolute atomic E-state index is 0.142. The Bertz CT molecular complexity index is 691. The van der Waals surface area contributed by atoms with Crippen molar-refractivity contribution in [2.45, 2.75) is 17.6 Å². The van der Waals surface area contributed by atoms with Crippen LogP contribution in [0.4, 0.5) is 14.5 Å². The van der Waals surface area contributed by atoms with Crippen molar-refractivity contribution in [3.05, 3.63) is 57.6 Å². The smallest absolute Gasteiger partial charge is 0.144 e. The van der Waals surface area contributed by atoms with E-state index in [1.54, 1.807) is 25.1 Å². The molecule has 0 aromatic heterocycles. The van der Waals surface area contributed by atoms with Crippen molar-refractivity contribution in [2.24, 2.45) is 0 Å². The number of halogens is 3. The molecule has 2 N–H and O–H groups in total. The summed E-state index contributed by atoms with van der Waals surface area (Å²) in [4.78, 5) is 0.392. The van der Waals surface area contributed by atoms with E-state index < -0.39 is 22.4 Å². The van der Waals surface area contributed by atoms with Crippen molar-refractivity contribution in [1.82, 2.24) is 0 Å². The van der Waals surface area contributed by atoms with Gasteiger partial charge < -0.3 is 5.73 Å². The Hall–Kier alpha value is -1.27. The minimum atomic E-state index is -1.61.